The quantitative estimate of drug-likeness (QED) is 0.441. The van der Waals surface area contributed by atoms with Crippen LogP contribution in [0.4, 0.5) is 5.69 Å². The van der Waals surface area contributed by atoms with Crippen molar-refractivity contribution in [2.45, 2.75) is 12.5 Å². The van der Waals surface area contributed by atoms with Crippen molar-refractivity contribution in [3.05, 3.63) is 65.7 Å². The maximum atomic E-state index is 10.1. The highest BCUT2D eigenvalue weighted by Gasteiger charge is 2.09. The van der Waals surface area contributed by atoms with E-state index in [0.717, 1.165) is 11.1 Å². The number of anilines is 1. The van der Waals surface area contributed by atoms with Gasteiger partial charge in [0.05, 0.1) is 6.10 Å². The number of benzene rings is 2. The Morgan fingerprint density at radius 1 is 1.05 bits per heavy atom. The number of nitrogens with zero attached hydrogens (tertiary/aromatic N) is 1. The summed E-state index contributed by atoms with van der Waals surface area (Å²) in [5.74, 6) is 0.485. The Balaban J connectivity index is 1.94. The van der Waals surface area contributed by atoms with Crippen molar-refractivity contribution >= 4 is 11.5 Å². The van der Waals surface area contributed by atoms with Gasteiger partial charge in [0.1, 0.15) is 5.84 Å². The van der Waals surface area contributed by atoms with E-state index in [0.29, 0.717) is 24.5 Å². The van der Waals surface area contributed by atoms with Crippen molar-refractivity contribution in [2.75, 3.05) is 12.3 Å². The molecule has 0 aliphatic carbocycles. The summed E-state index contributed by atoms with van der Waals surface area (Å²) in [5, 5.41) is 10.1. The zero-order chi connectivity index (χ0) is 14.4. The molecule has 2 rings (SSSR count). The largest absolute Gasteiger partial charge is 0.398 e. The Labute approximate surface area is 118 Å². The van der Waals surface area contributed by atoms with Gasteiger partial charge in [-0.2, -0.15) is 0 Å². The van der Waals surface area contributed by atoms with Gasteiger partial charge in [-0.15, -0.1) is 0 Å². The van der Waals surface area contributed by atoms with Crippen LogP contribution in [0.5, 0.6) is 0 Å². The van der Waals surface area contributed by atoms with Crippen LogP contribution in [0.15, 0.2) is 59.6 Å². The van der Waals surface area contributed by atoms with Crippen LogP contribution in [0.2, 0.25) is 0 Å². The lowest BCUT2D eigenvalue weighted by Crippen LogP contribution is -2.14. The van der Waals surface area contributed by atoms with Crippen molar-refractivity contribution in [3.8, 4) is 0 Å². The molecule has 4 heteroatoms. The first kappa shape index (κ1) is 14.1. The number of aliphatic hydroxyl groups is 1. The van der Waals surface area contributed by atoms with Crippen LogP contribution in [-0.4, -0.2) is 17.5 Å². The van der Waals surface area contributed by atoms with Crippen LogP contribution in [0.1, 0.15) is 23.7 Å². The number of aliphatic imine (C=N–C) groups is 1. The molecular formula is C16H19N3O. The van der Waals surface area contributed by atoms with Crippen LogP contribution in [0.25, 0.3) is 0 Å². The number of nitrogen functional groups attached to an aromatic ring is 1. The van der Waals surface area contributed by atoms with Crippen molar-refractivity contribution in [3.63, 3.8) is 0 Å². The second kappa shape index (κ2) is 6.73. The molecule has 0 heterocycles. The first-order chi connectivity index (χ1) is 9.68. The first-order valence-electron chi connectivity index (χ1n) is 6.56. The van der Waals surface area contributed by atoms with E-state index in [2.05, 4.69) is 4.99 Å². The van der Waals surface area contributed by atoms with Gasteiger partial charge in [0.2, 0.25) is 0 Å². The van der Waals surface area contributed by atoms with Crippen LogP contribution in [0.3, 0.4) is 0 Å². The molecule has 0 aliphatic heterocycles. The Morgan fingerprint density at radius 2 is 1.70 bits per heavy atom. The van der Waals surface area contributed by atoms with E-state index in [1.807, 2.05) is 48.5 Å². The van der Waals surface area contributed by atoms with Crippen molar-refractivity contribution in [1.82, 2.24) is 0 Å². The van der Waals surface area contributed by atoms with Gasteiger partial charge in [0, 0.05) is 23.4 Å². The maximum absolute atomic E-state index is 10.1. The van der Waals surface area contributed by atoms with Gasteiger partial charge < -0.3 is 16.6 Å². The molecule has 0 aliphatic rings. The van der Waals surface area contributed by atoms with E-state index in [9.17, 15) is 5.11 Å². The summed E-state index contributed by atoms with van der Waals surface area (Å²) in [6.07, 6.45) is -0.134. The molecule has 0 saturated carbocycles. The normalized spacial score (nSPS) is 13.2. The van der Waals surface area contributed by atoms with E-state index in [4.69, 9.17) is 11.5 Å². The number of rotatable bonds is 5. The predicted octanol–water partition coefficient (Wildman–Crippen LogP) is 2.10. The van der Waals surface area contributed by atoms with Crippen LogP contribution in [0, 0.1) is 0 Å². The molecule has 1 atom stereocenters. The summed E-state index contributed by atoms with van der Waals surface area (Å²) in [4.78, 5) is 4.28. The Bertz CT molecular complexity index is 581. The lowest BCUT2D eigenvalue weighted by atomic mass is 10.0. The fraction of sp³-hybridized carbons (Fsp3) is 0.188. The molecule has 0 saturated heterocycles. The second-order valence-corrected chi connectivity index (χ2v) is 4.57. The molecule has 2 aromatic rings. The highest BCUT2D eigenvalue weighted by atomic mass is 16.3. The molecule has 0 spiro atoms. The summed E-state index contributed by atoms with van der Waals surface area (Å²) in [6, 6.07) is 16.9. The standard InChI is InChI=1S/C16H19N3O/c17-14-9-5-4-8-13(14)15(20)10-11-19-16(18)12-6-2-1-3-7-12/h1-9,15,20H,10-11,17H2,(H2,18,19). The van der Waals surface area contributed by atoms with Crippen molar-refractivity contribution in [2.24, 2.45) is 10.7 Å². The van der Waals surface area contributed by atoms with E-state index in [1.54, 1.807) is 6.07 Å². The molecule has 2 aromatic carbocycles. The van der Waals surface area contributed by atoms with E-state index in [1.165, 1.54) is 0 Å². The number of hydrogen-bond donors (Lipinski definition) is 3. The highest BCUT2D eigenvalue weighted by molar-refractivity contribution is 5.97. The molecular weight excluding hydrogens is 250 g/mol. The molecule has 5 N–H and O–H groups in total. The molecule has 0 amide bonds. The van der Waals surface area contributed by atoms with Crippen LogP contribution >= 0.6 is 0 Å². The van der Waals surface area contributed by atoms with E-state index in [-0.39, 0.29) is 0 Å². The zero-order valence-electron chi connectivity index (χ0n) is 11.2. The van der Waals surface area contributed by atoms with Gasteiger partial charge in [0.25, 0.3) is 0 Å². The van der Waals surface area contributed by atoms with Gasteiger partial charge in [-0.25, -0.2) is 0 Å². The summed E-state index contributed by atoms with van der Waals surface area (Å²) in [5.41, 5.74) is 13.9. The number of para-hydroxylation sites is 1. The Hall–Kier alpha value is -2.33. The Morgan fingerprint density at radius 3 is 2.40 bits per heavy atom. The van der Waals surface area contributed by atoms with Gasteiger partial charge in [-0.05, 0) is 12.5 Å². The third-order valence-corrected chi connectivity index (χ3v) is 3.11. The minimum absolute atomic E-state index is 0.455. The third kappa shape index (κ3) is 3.59. The molecule has 104 valence electrons. The van der Waals surface area contributed by atoms with E-state index < -0.39 is 6.10 Å². The monoisotopic (exact) mass is 269 g/mol. The van der Waals surface area contributed by atoms with Crippen molar-refractivity contribution < 1.29 is 5.11 Å². The fourth-order valence-electron chi connectivity index (χ4n) is 1.98. The van der Waals surface area contributed by atoms with Gasteiger partial charge in [-0.3, -0.25) is 4.99 Å². The summed E-state index contributed by atoms with van der Waals surface area (Å²) in [7, 11) is 0. The van der Waals surface area contributed by atoms with Gasteiger partial charge in [-0.1, -0.05) is 48.5 Å². The maximum Gasteiger partial charge on any atom is 0.125 e. The van der Waals surface area contributed by atoms with Crippen LogP contribution in [-0.2, 0) is 0 Å². The highest BCUT2D eigenvalue weighted by Crippen LogP contribution is 2.22. The topological polar surface area (TPSA) is 84.6 Å². The third-order valence-electron chi connectivity index (χ3n) is 3.11. The minimum Gasteiger partial charge on any atom is -0.398 e. The fourth-order valence-corrected chi connectivity index (χ4v) is 1.98. The molecule has 0 aromatic heterocycles. The molecule has 20 heavy (non-hydrogen) atoms. The number of hydrogen-bond acceptors (Lipinski definition) is 3. The minimum atomic E-state index is -0.622. The lowest BCUT2D eigenvalue weighted by molar-refractivity contribution is 0.171. The molecule has 0 fully saturated rings. The molecule has 1 unspecified atom stereocenters. The zero-order valence-corrected chi connectivity index (χ0v) is 11.2. The average molecular weight is 269 g/mol. The second-order valence-electron chi connectivity index (χ2n) is 4.57. The lowest BCUT2D eigenvalue weighted by Gasteiger charge is -2.12. The van der Waals surface area contributed by atoms with Crippen molar-refractivity contribution in [1.29, 1.82) is 0 Å². The smallest absolute Gasteiger partial charge is 0.125 e. The predicted molar refractivity (Wildman–Crippen MR) is 82.5 cm³/mol. The summed E-state index contributed by atoms with van der Waals surface area (Å²) in [6.45, 7) is 0.455. The number of nitrogens with two attached hydrogens (primary N) is 2. The Kier molecular flexibility index (Phi) is 4.74. The molecule has 4 nitrogen and oxygen atoms in total. The SMILES string of the molecule is NC(=NCCC(O)c1ccccc1N)c1ccccc1. The van der Waals surface area contributed by atoms with Crippen LogP contribution < -0.4 is 11.5 Å². The summed E-state index contributed by atoms with van der Waals surface area (Å²) >= 11 is 0. The van der Waals surface area contributed by atoms with Gasteiger partial charge in [0.15, 0.2) is 0 Å². The average Bonchev–Trinajstić information content (AvgIpc) is 2.48. The molecule has 0 bridgehead atoms. The van der Waals surface area contributed by atoms with E-state index >= 15 is 0 Å². The first-order valence-corrected chi connectivity index (χ1v) is 6.56. The number of aliphatic hydroxyl groups excluding tert-OH is 1. The van der Waals surface area contributed by atoms with Gasteiger partial charge >= 0.3 is 0 Å². The summed E-state index contributed by atoms with van der Waals surface area (Å²) < 4.78 is 0. The molecule has 0 radical (unpaired) electrons. The number of amidine groups is 1.